The quantitative estimate of drug-likeness (QED) is 0.532. The summed E-state index contributed by atoms with van der Waals surface area (Å²) in [4.78, 5) is 22.5. The SMILES string of the molecule is O=C1O[C@H](C(=CNc2ccc(F)cc2)[N+](=O)[O-])c2ccccc21. The first-order valence-corrected chi connectivity index (χ1v) is 6.73. The van der Waals surface area contributed by atoms with Gasteiger partial charge in [0.2, 0.25) is 6.10 Å². The number of ether oxygens (including phenoxy) is 1. The van der Waals surface area contributed by atoms with Gasteiger partial charge in [0.05, 0.1) is 16.7 Å². The molecule has 1 N–H and O–H groups in total. The molecule has 0 aliphatic carbocycles. The lowest BCUT2D eigenvalue weighted by molar-refractivity contribution is -0.436. The van der Waals surface area contributed by atoms with Crippen LogP contribution in [0, 0.1) is 15.9 Å². The average Bonchev–Trinajstić information content (AvgIpc) is 2.87. The fourth-order valence-electron chi connectivity index (χ4n) is 2.29. The number of hydrogen-bond donors (Lipinski definition) is 1. The third-order valence-electron chi connectivity index (χ3n) is 3.40. The average molecular weight is 314 g/mol. The van der Waals surface area contributed by atoms with Gasteiger partial charge in [-0.3, -0.25) is 10.1 Å². The number of carbonyl (C=O) groups is 1. The summed E-state index contributed by atoms with van der Waals surface area (Å²) in [7, 11) is 0. The molecular formula is C16H11FN2O4. The Morgan fingerprint density at radius 1 is 1.22 bits per heavy atom. The highest BCUT2D eigenvalue weighted by molar-refractivity contribution is 5.94. The van der Waals surface area contributed by atoms with Crippen LogP contribution in [0.4, 0.5) is 10.1 Å². The summed E-state index contributed by atoms with van der Waals surface area (Å²) in [5, 5.41) is 14.0. The molecule has 116 valence electrons. The minimum atomic E-state index is -1.08. The van der Waals surface area contributed by atoms with Crippen LogP contribution in [-0.4, -0.2) is 10.9 Å². The Morgan fingerprint density at radius 3 is 2.61 bits per heavy atom. The lowest BCUT2D eigenvalue weighted by Crippen LogP contribution is -2.12. The van der Waals surface area contributed by atoms with Crippen molar-refractivity contribution >= 4 is 11.7 Å². The minimum Gasteiger partial charge on any atom is -0.442 e. The van der Waals surface area contributed by atoms with E-state index in [1.807, 2.05) is 0 Å². The number of esters is 1. The molecule has 7 heteroatoms. The van der Waals surface area contributed by atoms with E-state index in [2.05, 4.69) is 5.32 Å². The number of halogens is 1. The van der Waals surface area contributed by atoms with Gasteiger partial charge >= 0.3 is 11.7 Å². The lowest BCUT2D eigenvalue weighted by Gasteiger charge is -2.08. The van der Waals surface area contributed by atoms with E-state index in [0.29, 0.717) is 16.8 Å². The van der Waals surface area contributed by atoms with Crippen LogP contribution < -0.4 is 5.32 Å². The van der Waals surface area contributed by atoms with Crippen molar-refractivity contribution in [3.8, 4) is 0 Å². The predicted molar refractivity (Wildman–Crippen MR) is 79.7 cm³/mol. The van der Waals surface area contributed by atoms with Gasteiger partial charge in [-0.25, -0.2) is 9.18 Å². The number of fused-ring (bicyclic) bond motifs is 1. The number of nitrogens with one attached hydrogen (secondary N) is 1. The molecule has 23 heavy (non-hydrogen) atoms. The monoisotopic (exact) mass is 314 g/mol. The van der Waals surface area contributed by atoms with Crippen molar-refractivity contribution in [2.75, 3.05) is 5.32 Å². The highest BCUT2D eigenvalue weighted by Crippen LogP contribution is 2.35. The second-order valence-electron chi connectivity index (χ2n) is 4.85. The minimum absolute atomic E-state index is 0.312. The van der Waals surface area contributed by atoms with E-state index >= 15 is 0 Å². The number of hydrogen-bond acceptors (Lipinski definition) is 5. The number of nitro groups is 1. The predicted octanol–water partition coefficient (Wildman–Crippen LogP) is 3.27. The van der Waals surface area contributed by atoms with Crippen molar-refractivity contribution in [2.45, 2.75) is 6.10 Å². The van der Waals surface area contributed by atoms with E-state index in [1.54, 1.807) is 24.3 Å². The number of nitrogens with zero attached hydrogens (tertiary/aromatic N) is 1. The summed E-state index contributed by atoms with van der Waals surface area (Å²) in [5.74, 6) is -1.01. The van der Waals surface area contributed by atoms with Crippen LogP contribution in [0.5, 0.6) is 0 Å². The zero-order chi connectivity index (χ0) is 16.4. The van der Waals surface area contributed by atoms with Crippen LogP contribution in [0.1, 0.15) is 22.0 Å². The van der Waals surface area contributed by atoms with E-state index in [1.165, 1.54) is 24.3 Å². The number of rotatable bonds is 4. The van der Waals surface area contributed by atoms with Crippen LogP contribution >= 0.6 is 0 Å². The normalized spacial score (nSPS) is 16.7. The van der Waals surface area contributed by atoms with Crippen LogP contribution in [0.3, 0.4) is 0 Å². The molecule has 0 fully saturated rings. The maximum atomic E-state index is 12.9. The third-order valence-corrected chi connectivity index (χ3v) is 3.40. The second kappa shape index (κ2) is 5.88. The summed E-state index contributed by atoms with van der Waals surface area (Å²) in [6.07, 6.45) is 0.0643. The number of carbonyl (C=O) groups excluding carboxylic acids is 1. The van der Waals surface area contributed by atoms with Crippen molar-refractivity contribution in [3.05, 3.63) is 87.5 Å². The summed E-state index contributed by atoms with van der Waals surface area (Å²) in [5.41, 5.74) is 0.921. The van der Waals surface area contributed by atoms with E-state index in [9.17, 15) is 19.3 Å². The summed E-state index contributed by atoms with van der Waals surface area (Å²) in [6.45, 7) is 0. The lowest BCUT2D eigenvalue weighted by atomic mass is 10.0. The molecule has 0 saturated heterocycles. The van der Waals surface area contributed by atoms with Gasteiger partial charge in [0, 0.05) is 11.3 Å². The van der Waals surface area contributed by atoms with Gasteiger partial charge < -0.3 is 10.1 Å². The van der Waals surface area contributed by atoms with Crippen LogP contribution in [0.15, 0.2) is 60.4 Å². The van der Waals surface area contributed by atoms with Crippen molar-refractivity contribution in [2.24, 2.45) is 0 Å². The topological polar surface area (TPSA) is 81.5 Å². The first-order chi connectivity index (χ1) is 11.1. The van der Waals surface area contributed by atoms with Crippen molar-refractivity contribution in [1.29, 1.82) is 0 Å². The summed E-state index contributed by atoms with van der Waals surface area (Å²) >= 11 is 0. The molecule has 0 aromatic heterocycles. The molecule has 0 saturated carbocycles. The van der Waals surface area contributed by atoms with Gasteiger partial charge in [-0.15, -0.1) is 0 Å². The van der Waals surface area contributed by atoms with Crippen molar-refractivity contribution < 1.29 is 18.8 Å². The molecule has 1 aliphatic heterocycles. The highest BCUT2D eigenvalue weighted by atomic mass is 19.1. The standard InChI is InChI=1S/C16H11FN2O4/c17-10-5-7-11(8-6-10)18-9-14(19(21)22)15-12-3-1-2-4-13(12)16(20)23-15/h1-9,15,18H/t15-/m0/s1. The molecular weight excluding hydrogens is 303 g/mol. The van der Waals surface area contributed by atoms with Crippen LogP contribution in [0.2, 0.25) is 0 Å². The van der Waals surface area contributed by atoms with Crippen LogP contribution in [0.25, 0.3) is 0 Å². The fourth-order valence-corrected chi connectivity index (χ4v) is 2.29. The molecule has 0 amide bonds. The Bertz CT molecular complexity index is 802. The smallest absolute Gasteiger partial charge is 0.339 e. The molecule has 0 unspecified atom stereocenters. The molecule has 1 atom stereocenters. The fraction of sp³-hybridized carbons (Fsp3) is 0.0625. The van der Waals surface area contributed by atoms with Gasteiger partial charge in [0.15, 0.2) is 0 Å². The number of anilines is 1. The molecule has 0 spiro atoms. The first kappa shape index (κ1) is 14.7. The maximum absolute atomic E-state index is 12.9. The van der Waals surface area contributed by atoms with Crippen LogP contribution in [-0.2, 0) is 4.74 Å². The van der Waals surface area contributed by atoms with Gasteiger partial charge in [-0.05, 0) is 30.3 Å². The highest BCUT2D eigenvalue weighted by Gasteiger charge is 2.39. The Kier molecular flexibility index (Phi) is 3.76. The van der Waals surface area contributed by atoms with Gasteiger partial charge in [0.25, 0.3) is 0 Å². The van der Waals surface area contributed by atoms with E-state index in [-0.39, 0.29) is 5.70 Å². The van der Waals surface area contributed by atoms with E-state index < -0.39 is 22.8 Å². The summed E-state index contributed by atoms with van der Waals surface area (Å²) in [6, 6.07) is 11.9. The zero-order valence-corrected chi connectivity index (χ0v) is 11.7. The summed E-state index contributed by atoms with van der Waals surface area (Å²) < 4.78 is 18.0. The maximum Gasteiger partial charge on any atom is 0.339 e. The van der Waals surface area contributed by atoms with E-state index in [4.69, 9.17) is 4.74 Å². The molecule has 2 aromatic carbocycles. The Balaban J connectivity index is 1.91. The number of benzene rings is 2. The van der Waals surface area contributed by atoms with Gasteiger partial charge in [-0.1, -0.05) is 18.2 Å². The number of cyclic esters (lactones) is 1. The van der Waals surface area contributed by atoms with Crippen molar-refractivity contribution in [3.63, 3.8) is 0 Å². The zero-order valence-electron chi connectivity index (χ0n) is 11.7. The van der Waals surface area contributed by atoms with Gasteiger partial charge in [0.1, 0.15) is 5.82 Å². The third kappa shape index (κ3) is 2.89. The Morgan fingerprint density at radius 2 is 1.91 bits per heavy atom. The molecule has 1 aliphatic rings. The molecule has 0 bridgehead atoms. The van der Waals surface area contributed by atoms with Crippen molar-refractivity contribution in [1.82, 2.24) is 0 Å². The Labute approximate surface area is 130 Å². The molecule has 2 aromatic rings. The Hall–Kier alpha value is -3.22. The first-order valence-electron chi connectivity index (χ1n) is 6.73. The molecule has 0 radical (unpaired) electrons. The van der Waals surface area contributed by atoms with Gasteiger partial charge in [-0.2, -0.15) is 0 Å². The second-order valence-corrected chi connectivity index (χ2v) is 4.85. The molecule has 3 rings (SSSR count). The molecule has 6 nitrogen and oxygen atoms in total. The molecule has 1 heterocycles. The van der Waals surface area contributed by atoms with E-state index in [0.717, 1.165) is 6.20 Å². The largest absolute Gasteiger partial charge is 0.442 e.